The highest BCUT2D eigenvalue weighted by Gasteiger charge is 2.31. The number of nitrogens with zero attached hydrogens (tertiary/aromatic N) is 1. The lowest BCUT2D eigenvalue weighted by atomic mass is 9.99. The largest absolute Gasteiger partial charge is 0.373 e. The van der Waals surface area contributed by atoms with Crippen molar-refractivity contribution in [2.75, 3.05) is 13.1 Å². The monoisotopic (exact) mass is 458 g/mol. The van der Waals surface area contributed by atoms with Crippen molar-refractivity contribution >= 4 is 22.6 Å². The lowest BCUT2D eigenvalue weighted by molar-refractivity contribution is -0.140. The van der Waals surface area contributed by atoms with Crippen LogP contribution in [-0.2, 0) is 27.4 Å². The van der Waals surface area contributed by atoms with Crippen molar-refractivity contribution in [2.45, 2.75) is 51.9 Å². The minimum absolute atomic E-state index is 0.00312. The molecule has 3 aromatic rings. The third kappa shape index (κ3) is 6.23. The zero-order valence-corrected chi connectivity index (χ0v) is 20.1. The summed E-state index contributed by atoms with van der Waals surface area (Å²) in [5, 5.41) is 5.27. The fourth-order valence-electron chi connectivity index (χ4n) is 4.50. The Bertz CT molecular complexity index is 1100. The van der Waals surface area contributed by atoms with Gasteiger partial charge in [0.25, 0.3) is 0 Å². The Kier molecular flexibility index (Phi) is 7.96. The summed E-state index contributed by atoms with van der Waals surface area (Å²) < 4.78 is 6.06. The van der Waals surface area contributed by atoms with E-state index in [1.165, 1.54) is 0 Å². The summed E-state index contributed by atoms with van der Waals surface area (Å²) in [7, 11) is 0. The number of rotatable bonds is 8. The van der Waals surface area contributed by atoms with Crippen molar-refractivity contribution in [2.24, 2.45) is 5.92 Å². The Hall–Kier alpha value is -3.18. The predicted molar refractivity (Wildman–Crippen MR) is 135 cm³/mol. The molecule has 1 heterocycles. The molecular weight excluding hydrogens is 424 g/mol. The minimum atomic E-state index is -0.519. The summed E-state index contributed by atoms with van der Waals surface area (Å²) in [5.41, 5.74) is 2.11. The average Bonchev–Trinajstić information content (AvgIpc) is 2.86. The van der Waals surface area contributed by atoms with E-state index in [0.29, 0.717) is 19.7 Å². The molecular formula is C29H34N2O3. The van der Waals surface area contributed by atoms with Crippen molar-refractivity contribution in [1.29, 1.82) is 0 Å². The standard InChI is InChI=1S/C29H34N2O3/c1-21(2)28(30-27(32)19-23-12-13-24-10-6-7-11-25(24)18-23)29(33)31-16-14-26(15-17-31)34-20-22-8-4-3-5-9-22/h3-13,18,21,26,28H,14-17,19-20H2,1-2H3,(H,30,32). The molecule has 5 nitrogen and oxygen atoms in total. The number of nitrogens with one attached hydrogen (secondary N) is 1. The van der Waals surface area contributed by atoms with Crippen LogP contribution in [0.3, 0.4) is 0 Å². The van der Waals surface area contributed by atoms with Crippen LogP contribution in [0, 0.1) is 5.92 Å². The van der Waals surface area contributed by atoms with Crippen LogP contribution in [0.4, 0.5) is 0 Å². The Morgan fingerprint density at radius 1 is 0.912 bits per heavy atom. The van der Waals surface area contributed by atoms with E-state index in [-0.39, 0.29) is 30.3 Å². The van der Waals surface area contributed by atoms with Gasteiger partial charge in [-0.25, -0.2) is 0 Å². The molecule has 0 bridgehead atoms. The molecule has 0 radical (unpaired) electrons. The average molecular weight is 459 g/mol. The van der Waals surface area contributed by atoms with Crippen LogP contribution in [0.2, 0.25) is 0 Å². The van der Waals surface area contributed by atoms with Gasteiger partial charge in [0.2, 0.25) is 11.8 Å². The molecule has 2 amide bonds. The van der Waals surface area contributed by atoms with E-state index in [0.717, 1.165) is 34.7 Å². The van der Waals surface area contributed by atoms with Crippen LogP contribution in [0.25, 0.3) is 10.8 Å². The fourth-order valence-corrected chi connectivity index (χ4v) is 4.50. The number of piperidine rings is 1. The maximum absolute atomic E-state index is 13.3. The summed E-state index contributed by atoms with van der Waals surface area (Å²) in [6, 6.07) is 23.8. The number of hydrogen-bond acceptors (Lipinski definition) is 3. The van der Waals surface area contributed by atoms with E-state index in [4.69, 9.17) is 4.74 Å². The van der Waals surface area contributed by atoms with Crippen LogP contribution in [0.1, 0.15) is 37.8 Å². The second-order valence-electron chi connectivity index (χ2n) is 9.47. The van der Waals surface area contributed by atoms with Crippen LogP contribution in [0.5, 0.6) is 0 Å². The molecule has 0 aromatic heterocycles. The first-order valence-electron chi connectivity index (χ1n) is 12.2. The molecule has 4 rings (SSSR count). The molecule has 0 spiro atoms. The van der Waals surface area contributed by atoms with Gasteiger partial charge in [-0.3, -0.25) is 9.59 Å². The molecule has 1 aliphatic rings. The van der Waals surface area contributed by atoms with Crippen LogP contribution >= 0.6 is 0 Å². The van der Waals surface area contributed by atoms with Gasteiger partial charge in [0, 0.05) is 13.1 Å². The van der Waals surface area contributed by atoms with Gasteiger partial charge < -0.3 is 15.0 Å². The van der Waals surface area contributed by atoms with Gasteiger partial charge >= 0.3 is 0 Å². The molecule has 1 aliphatic heterocycles. The van der Waals surface area contributed by atoms with E-state index >= 15 is 0 Å². The third-order valence-corrected chi connectivity index (χ3v) is 6.51. The number of amides is 2. The van der Waals surface area contributed by atoms with Gasteiger partial charge in [-0.1, -0.05) is 86.6 Å². The quantitative estimate of drug-likeness (QED) is 0.531. The first-order chi connectivity index (χ1) is 16.5. The zero-order chi connectivity index (χ0) is 23.9. The summed E-state index contributed by atoms with van der Waals surface area (Å²) in [6.07, 6.45) is 2.05. The molecule has 34 heavy (non-hydrogen) atoms. The van der Waals surface area contributed by atoms with E-state index < -0.39 is 6.04 Å². The molecule has 1 fully saturated rings. The maximum Gasteiger partial charge on any atom is 0.245 e. The molecule has 1 unspecified atom stereocenters. The van der Waals surface area contributed by atoms with Gasteiger partial charge in [-0.2, -0.15) is 0 Å². The van der Waals surface area contributed by atoms with Crippen molar-refractivity contribution in [3.8, 4) is 0 Å². The Morgan fingerprint density at radius 3 is 2.29 bits per heavy atom. The van der Waals surface area contributed by atoms with Crippen molar-refractivity contribution in [3.63, 3.8) is 0 Å². The highest BCUT2D eigenvalue weighted by molar-refractivity contribution is 5.89. The number of carbonyl (C=O) groups is 2. The van der Waals surface area contributed by atoms with Gasteiger partial charge in [0.05, 0.1) is 19.1 Å². The third-order valence-electron chi connectivity index (χ3n) is 6.51. The Balaban J connectivity index is 1.29. The second-order valence-corrected chi connectivity index (χ2v) is 9.47. The molecule has 5 heteroatoms. The summed E-state index contributed by atoms with van der Waals surface area (Å²) in [5.74, 6) is -0.105. The lowest BCUT2D eigenvalue weighted by Gasteiger charge is -2.35. The van der Waals surface area contributed by atoms with Crippen LogP contribution in [0.15, 0.2) is 72.8 Å². The predicted octanol–water partition coefficient (Wildman–Crippen LogP) is 4.73. The van der Waals surface area contributed by atoms with Gasteiger partial charge in [0.1, 0.15) is 6.04 Å². The molecule has 178 valence electrons. The first kappa shape index (κ1) is 24.0. The molecule has 1 saturated heterocycles. The SMILES string of the molecule is CC(C)C(NC(=O)Cc1ccc2ccccc2c1)C(=O)N1CCC(OCc2ccccc2)CC1. The highest BCUT2D eigenvalue weighted by Crippen LogP contribution is 2.19. The minimum Gasteiger partial charge on any atom is -0.373 e. The van der Waals surface area contributed by atoms with Crippen molar-refractivity contribution in [1.82, 2.24) is 10.2 Å². The molecule has 1 N–H and O–H groups in total. The first-order valence-corrected chi connectivity index (χ1v) is 12.2. The van der Waals surface area contributed by atoms with Gasteiger partial charge in [-0.15, -0.1) is 0 Å². The normalized spacial score (nSPS) is 15.4. The molecule has 0 saturated carbocycles. The van der Waals surface area contributed by atoms with E-state index in [1.807, 2.05) is 73.3 Å². The fraction of sp³-hybridized carbons (Fsp3) is 0.379. The van der Waals surface area contributed by atoms with E-state index in [2.05, 4.69) is 23.5 Å². The van der Waals surface area contributed by atoms with Crippen LogP contribution < -0.4 is 5.32 Å². The Labute approximate surface area is 202 Å². The lowest BCUT2D eigenvalue weighted by Crippen LogP contribution is -2.53. The number of fused-ring (bicyclic) bond motifs is 1. The topological polar surface area (TPSA) is 58.6 Å². The molecule has 0 aliphatic carbocycles. The number of carbonyl (C=O) groups excluding carboxylic acids is 2. The number of likely N-dealkylation sites (tertiary alicyclic amines) is 1. The summed E-state index contributed by atoms with van der Waals surface area (Å²) in [6.45, 7) is 5.87. The highest BCUT2D eigenvalue weighted by atomic mass is 16.5. The van der Waals surface area contributed by atoms with E-state index in [9.17, 15) is 9.59 Å². The van der Waals surface area contributed by atoms with Crippen molar-refractivity contribution < 1.29 is 14.3 Å². The van der Waals surface area contributed by atoms with Crippen molar-refractivity contribution in [3.05, 3.63) is 83.9 Å². The zero-order valence-electron chi connectivity index (χ0n) is 20.1. The maximum atomic E-state index is 13.3. The van der Waals surface area contributed by atoms with E-state index in [1.54, 1.807) is 0 Å². The van der Waals surface area contributed by atoms with Crippen LogP contribution in [-0.4, -0.2) is 41.9 Å². The number of hydrogen-bond donors (Lipinski definition) is 1. The summed E-state index contributed by atoms with van der Waals surface area (Å²) >= 11 is 0. The smallest absolute Gasteiger partial charge is 0.245 e. The summed E-state index contributed by atoms with van der Waals surface area (Å²) in [4.78, 5) is 28.0. The Morgan fingerprint density at radius 2 is 1.59 bits per heavy atom. The number of benzene rings is 3. The molecule has 3 aromatic carbocycles. The number of ether oxygens (including phenoxy) is 1. The van der Waals surface area contributed by atoms with Gasteiger partial charge in [0.15, 0.2) is 0 Å². The molecule has 1 atom stereocenters. The second kappa shape index (κ2) is 11.3. The van der Waals surface area contributed by atoms with Gasteiger partial charge in [-0.05, 0) is 40.7 Å².